The molecule has 1 aromatic carbocycles. The van der Waals surface area contributed by atoms with Gasteiger partial charge in [0.1, 0.15) is 11.9 Å². The Morgan fingerprint density at radius 3 is 2.54 bits per heavy atom. The van der Waals surface area contributed by atoms with E-state index in [0.29, 0.717) is 11.8 Å². The number of carboxylic acid groups (broad SMARTS) is 1. The van der Waals surface area contributed by atoms with E-state index in [4.69, 9.17) is 0 Å². The lowest BCUT2D eigenvalue weighted by Crippen LogP contribution is -2.53. The molecule has 0 aromatic heterocycles. The van der Waals surface area contributed by atoms with E-state index in [2.05, 4.69) is 10.2 Å². The standard InChI is InChI=1S/C21H30FN3O3/c1-13(2)19(24(3)21(27)28)20(26)23-18-9-6-15-11-25(12-17(15)18)10-14-4-7-16(22)8-5-14/h4-5,7-8,13,15,17-19H,6,9-12H2,1-3H3,(H,23,26)(H,27,28)/t15-,17+,18+,19-/m0/s1. The predicted molar refractivity (Wildman–Crippen MR) is 104 cm³/mol. The monoisotopic (exact) mass is 391 g/mol. The summed E-state index contributed by atoms with van der Waals surface area (Å²) in [5, 5.41) is 12.4. The van der Waals surface area contributed by atoms with Crippen molar-refractivity contribution in [3.8, 4) is 0 Å². The van der Waals surface area contributed by atoms with Crippen LogP contribution in [0.5, 0.6) is 0 Å². The summed E-state index contributed by atoms with van der Waals surface area (Å²) in [6.07, 6.45) is 0.911. The summed E-state index contributed by atoms with van der Waals surface area (Å²) in [6.45, 7) is 6.39. The van der Waals surface area contributed by atoms with Crippen LogP contribution in [-0.4, -0.2) is 59.1 Å². The minimum Gasteiger partial charge on any atom is -0.465 e. The van der Waals surface area contributed by atoms with E-state index in [1.165, 1.54) is 19.2 Å². The van der Waals surface area contributed by atoms with Crippen LogP contribution in [0.4, 0.5) is 9.18 Å². The van der Waals surface area contributed by atoms with Gasteiger partial charge in [-0.25, -0.2) is 9.18 Å². The molecule has 154 valence electrons. The molecule has 1 aliphatic carbocycles. The quantitative estimate of drug-likeness (QED) is 0.782. The first kappa shape index (κ1) is 20.6. The van der Waals surface area contributed by atoms with Crippen molar-refractivity contribution in [2.45, 2.75) is 45.3 Å². The lowest BCUT2D eigenvalue weighted by Gasteiger charge is -2.30. The summed E-state index contributed by atoms with van der Waals surface area (Å²) in [4.78, 5) is 27.6. The number of amides is 2. The number of benzene rings is 1. The zero-order chi connectivity index (χ0) is 20.4. The molecule has 2 aliphatic rings. The molecule has 28 heavy (non-hydrogen) atoms. The van der Waals surface area contributed by atoms with Crippen LogP contribution in [0.2, 0.25) is 0 Å². The maximum Gasteiger partial charge on any atom is 0.407 e. The van der Waals surface area contributed by atoms with Crippen molar-refractivity contribution in [2.75, 3.05) is 20.1 Å². The summed E-state index contributed by atoms with van der Waals surface area (Å²) >= 11 is 0. The molecular formula is C21H30FN3O3. The highest BCUT2D eigenvalue weighted by Gasteiger charge is 2.44. The molecule has 4 atom stereocenters. The van der Waals surface area contributed by atoms with Crippen LogP contribution in [0.1, 0.15) is 32.3 Å². The van der Waals surface area contributed by atoms with Gasteiger partial charge in [0.05, 0.1) is 0 Å². The third-order valence-electron chi connectivity index (χ3n) is 6.20. The van der Waals surface area contributed by atoms with Crippen molar-refractivity contribution in [2.24, 2.45) is 17.8 Å². The van der Waals surface area contributed by atoms with E-state index < -0.39 is 12.1 Å². The highest BCUT2D eigenvalue weighted by Crippen LogP contribution is 2.38. The van der Waals surface area contributed by atoms with E-state index >= 15 is 0 Å². The van der Waals surface area contributed by atoms with Gasteiger partial charge < -0.3 is 10.4 Å². The Hall–Kier alpha value is -2.15. The fourth-order valence-corrected chi connectivity index (χ4v) is 4.83. The molecule has 2 N–H and O–H groups in total. The highest BCUT2D eigenvalue weighted by molar-refractivity contribution is 5.85. The summed E-state index contributed by atoms with van der Waals surface area (Å²) in [5.41, 5.74) is 1.09. The second-order valence-corrected chi connectivity index (χ2v) is 8.52. The average Bonchev–Trinajstić information content (AvgIpc) is 3.18. The van der Waals surface area contributed by atoms with Crippen molar-refractivity contribution in [3.63, 3.8) is 0 Å². The first-order valence-electron chi connectivity index (χ1n) is 9.99. The number of carbonyl (C=O) groups excluding carboxylic acids is 1. The van der Waals surface area contributed by atoms with Crippen molar-refractivity contribution < 1.29 is 19.1 Å². The van der Waals surface area contributed by atoms with Crippen LogP contribution in [-0.2, 0) is 11.3 Å². The number of hydrogen-bond donors (Lipinski definition) is 2. The predicted octanol–water partition coefficient (Wildman–Crippen LogP) is 2.79. The van der Waals surface area contributed by atoms with Crippen LogP contribution in [0.15, 0.2) is 24.3 Å². The third kappa shape index (κ3) is 4.46. The van der Waals surface area contributed by atoms with Gasteiger partial charge in [-0.2, -0.15) is 0 Å². The third-order valence-corrected chi connectivity index (χ3v) is 6.20. The van der Waals surface area contributed by atoms with E-state index in [1.54, 1.807) is 0 Å². The van der Waals surface area contributed by atoms with Gasteiger partial charge in [-0.15, -0.1) is 0 Å². The Labute approximate surface area is 165 Å². The van der Waals surface area contributed by atoms with Gasteiger partial charge in [-0.1, -0.05) is 26.0 Å². The van der Waals surface area contributed by atoms with Gasteiger partial charge in [0.25, 0.3) is 0 Å². The summed E-state index contributed by atoms with van der Waals surface area (Å²) in [7, 11) is 1.45. The topological polar surface area (TPSA) is 72.9 Å². The van der Waals surface area contributed by atoms with Crippen LogP contribution >= 0.6 is 0 Å². The molecule has 0 bridgehead atoms. The second kappa shape index (κ2) is 8.47. The number of nitrogens with zero attached hydrogens (tertiary/aromatic N) is 2. The van der Waals surface area contributed by atoms with Gasteiger partial charge in [-0.05, 0) is 48.3 Å². The van der Waals surface area contributed by atoms with E-state index in [1.807, 2.05) is 26.0 Å². The molecule has 7 heteroatoms. The highest BCUT2D eigenvalue weighted by atomic mass is 19.1. The number of likely N-dealkylation sites (N-methyl/N-ethyl adjacent to an activating group) is 1. The van der Waals surface area contributed by atoms with Crippen LogP contribution in [0.25, 0.3) is 0 Å². The van der Waals surface area contributed by atoms with Crippen molar-refractivity contribution in [1.29, 1.82) is 0 Å². The number of nitrogens with one attached hydrogen (secondary N) is 1. The molecule has 1 aromatic rings. The maximum absolute atomic E-state index is 13.1. The molecule has 1 aliphatic heterocycles. The number of rotatable bonds is 6. The number of likely N-dealkylation sites (tertiary alicyclic amines) is 1. The second-order valence-electron chi connectivity index (χ2n) is 8.52. The zero-order valence-electron chi connectivity index (χ0n) is 16.8. The van der Waals surface area contributed by atoms with E-state index in [9.17, 15) is 19.1 Å². The van der Waals surface area contributed by atoms with Gasteiger partial charge in [-0.3, -0.25) is 14.6 Å². The average molecular weight is 391 g/mol. The summed E-state index contributed by atoms with van der Waals surface area (Å²) in [5.74, 6) is 0.392. The Balaban J connectivity index is 1.60. The smallest absolute Gasteiger partial charge is 0.407 e. The minimum atomic E-state index is -1.09. The molecule has 1 heterocycles. The van der Waals surface area contributed by atoms with Crippen LogP contribution < -0.4 is 5.32 Å². The van der Waals surface area contributed by atoms with Gasteiger partial charge in [0, 0.05) is 32.7 Å². The van der Waals surface area contributed by atoms with Gasteiger partial charge in [0.15, 0.2) is 0 Å². The number of hydrogen-bond acceptors (Lipinski definition) is 3. The number of fused-ring (bicyclic) bond motifs is 1. The first-order valence-corrected chi connectivity index (χ1v) is 9.99. The maximum atomic E-state index is 13.1. The lowest BCUT2D eigenvalue weighted by molar-refractivity contribution is -0.127. The van der Waals surface area contributed by atoms with E-state index in [-0.39, 0.29) is 23.7 Å². The molecule has 2 fully saturated rings. The van der Waals surface area contributed by atoms with Crippen molar-refractivity contribution in [1.82, 2.24) is 15.1 Å². The normalized spacial score (nSPS) is 25.5. The largest absolute Gasteiger partial charge is 0.465 e. The molecule has 6 nitrogen and oxygen atoms in total. The number of carbonyl (C=O) groups is 2. The molecular weight excluding hydrogens is 361 g/mol. The lowest BCUT2D eigenvalue weighted by atomic mass is 9.96. The molecule has 0 unspecified atom stereocenters. The molecule has 2 amide bonds. The molecule has 0 spiro atoms. The molecule has 3 rings (SSSR count). The Kier molecular flexibility index (Phi) is 6.23. The molecule has 1 saturated heterocycles. The summed E-state index contributed by atoms with van der Waals surface area (Å²) in [6, 6.07) is 6.00. The molecule has 1 saturated carbocycles. The minimum absolute atomic E-state index is 0.0826. The Bertz CT molecular complexity index is 709. The first-order chi connectivity index (χ1) is 13.3. The van der Waals surface area contributed by atoms with Crippen LogP contribution in [0, 0.1) is 23.6 Å². The van der Waals surface area contributed by atoms with Crippen LogP contribution in [0.3, 0.4) is 0 Å². The Morgan fingerprint density at radius 2 is 1.93 bits per heavy atom. The van der Waals surface area contributed by atoms with E-state index in [0.717, 1.165) is 42.9 Å². The fraction of sp³-hybridized carbons (Fsp3) is 0.619. The van der Waals surface area contributed by atoms with Crippen molar-refractivity contribution >= 4 is 12.0 Å². The SMILES string of the molecule is CC(C)[C@@H](C(=O)N[C@@H]1CC[C@H]2CN(Cc3ccc(F)cc3)C[C@H]21)N(C)C(=O)O. The van der Waals surface area contributed by atoms with Gasteiger partial charge in [0.2, 0.25) is 5.91 Å². The van der Waals surface area contributed by atoms with Crippen molar-refractivity contribution in [3.05, 3.63) is 35.6 Å². The summed E-state index contributed by atoms with van der Waals surface area (Å²) < 4.78 is 13.1. The van der Waals surface area contributed by atoms with Gasteiger partial charge >= 0.3 is 6.09 Å². The molecule has 0 radical (unpaired) electrons. The zero-order valence-corrected chi connectivity index (χ0v) is 16.8. The number of halogens is 1. The Morgan fingerprint density at radius 1 is 1.25 bits per heavy atom. The fourth-order valence-electron chi connectivity index (χ4n) is 4.83.